The summed E-state index contributed by atoms with van der Waals surface area (Å²) in [6, 6.07) is 18.1. The Morgan fingerprint density at radius 3 is 2.30 bits per heavy atom. The molecule has 2 fully saturated rings. The van der Waals surface area contributed by atoms with Crippen molar-refractivity contribution in [3.05, 3.63) is 65.7 Å². The Balaban J connectivity index is 1.28. The van der Waals surface area contributed by atoms with E-state index in [1.807, 2.05) is 42.5 Å². The molecule has 4 nitrogen and oxygen atoms in total. The lowest BCUT2D eigenvalue weighted by Gasteiger charge is -2.16. The van der Waals surface area contributed by atoms with Crippen molar-refractivity contribution in [1.29, 1.82) is 0 Å². The van der Waals surface area contributed by atoms with E-state index in [0.29, 0.717) is 6.54 Å². The number of benzene rings is 2. The minimum atomic E-state index is -0.369. The third-order valence-electron chi connectivity index (χ3n) is 5.61. The Morgan fingerprint density at radius 2 is 1.67 bits per heavy atom. The third kappa shape index (κ3) is 4.21. The quantitative estimate of drug-likeness (QED) is 0.702. The summed E-state index contributed by atoms with van der Waals surface area (Å²) in [5, 5.41) is 6.07. The molecule has 0 saturated heterocycles. The van der Waals surface area contributed by atoms with E-state index in [2.05, 4.69) is 22.8 Å². The van der Waals surface area contributed by atoms with Crippen LogP contribution in [0.15, 0.2) is 54.6 Å². The van der Waals surface area contributed by atoms with Crippen molar-refractivity contribution >= 4 is 17.5 Å². The molecule has 4 rings (SSSR count). The lowest BCUT2D eigenvalue weighted by Crippen LogP contribution is -2.35. The molecule has 0 radical (unpaired) electrons. The molecule has 0 atom stereocenters. The van der Waals surface area contributed by atoms with Crippen molar-refractivity contribution in [2.45, 2.75) is 43.9 Å². The van der Waals surface area contributed by atoms with Gasteiger partial charge in [0.1, 0.15) is 0 Å². The first-order valence-corrected chi connectivity index (χ1v) is 9.91. The van der Waals surface area contributed by atoms with Gasteiger partial charge in [-0.15, -0.1) is 0 Å². The molecule has 0 aliphatic heterocycles. The van der Waals surface area contributed by atoms with E-state index in [1.54, 1.807) is 0 Å². The number of aryl methyl sites for hydroxylation is 1. The van der Waals surface area contributed by atoms with E-state index in [-0.39, 0.29) is 23.1 Å². The number of rotatable bonds is 8. The minimum Gasteiger partial charge on any atom is -0.355 e. The van der Waals surface area contributed by atoms with Crippen molar-refractivity contribution in [3.8, 4) is 0 Å². The number of hydrogen-bond acceptors (Lipinski definition) is 2. The molecule has 0 bridgehead atoms. The van der Waals surface area contributed by atoms with Crippen LogP contribution in [0, 0.1) is 5.92 Å². The van der Waals surface area contributed by atoms with E-state index in [9.17, 15) is 9.59 Å². The molecule has 140 valence electrons. The zero-order chi connectivity index (χ0) is 18.7. The van der Waals surface area contributed by atoms with Gasteiger partial charge in [0, 0.05) is 18.2 Å². The zero-order valence-electron chi connectivity index (χ0n) is 15.5. The molecule has 27 heavy (non-hydrogen) atoms. The van der Waals surface area contributed by atoms with Gasteiger partial charge in [-0.3, -0.25) is 9.59 Å². The first kappa shape index (κ1) is 17.8. The van der Waals surface area contributed by atoms with Crippen molar-refractivity contribution in [2.24, 2.45) is 5.92 Å². The van der Waals surface area contributed by atoms with E-state index < -0.39 is 0 Å². The summed E-state index contributed by atoms with van der Waals surface area (Å²) in [7, 11) is 0. The second-order valence-corrected chi connectivity index (χ2v) is 7.77. The van der Waals surface area contributed by atoms with Crippen LogP contribution in [0.5, 0.6) is 0 Å². The smallest absolute Gasteiger partial charge is 0.230 e. The van der Waals surface area contributed by atoms with Gasteiger partial charge in [0.05, 0.1) is 5.41 Å². The molecule has 4 heteroatoms. The highest BCUT2D eigenvalue weighted by atomic mass is 16.2. The van der Waals surface area contributed by atoms with Gasteiger partial charge in [0.15, 0.2) is 0 Å². The van der Waals surface area contributed by atoms with E-state index in [0.717, 1.165) is 49.8 Å². The number of hydrogen-bond donors (Lipinski definition) is 2. The summed E-state index contributed by atoms with van der Waals surface area (Å²) < 4.78 is 0. The summed E-state index contributed by atoms with van der Waals surface area (Å²) >= 11 is 0. The summed E-state index contributed by atoms with van der Waals surface area (Å²) in [6.45, 7) is 0.699. The molecule has 2 aromatic carbocycles. The van der Waals surface area contributed by atoms with Crippen LogP contribution in [0.3, 0.4) is 0 Å². The lowest BCUT2D eigenvalue weighted by molar-refractivity contribution is -0.123. The number of anilines is 1. The van der Waals surface area contributed by atoms with Crippen LogP contribution in [0.1, 0.15) is 43.2 Å². The second kappa shape index (κ2) is 7.55. The molecule has 0 aromatic heterocycles. The Hall–Kier alpha value is -2.62. The van der Waals surface area contributed by atoms with Crippen molar-refractivity contribution in [1.82, 2.24) is 5.32 Å². The number of carbonyl (C=O) groups is 2. The summed E-state index contributed by atoms with van der Waals surface area (Å²) in [6.07, 6.45) is 5.70. The third-order valence-corrected chi connectivity index (χ3v) is 5.61. The van der Waals surface area contributed by atoms with Gasteiger partial charge in [-0.25, -0.2) is 0 Å². The maximum atomic E-state index is 12.7. The monoisotopic (exact) mass is 362 g/mol. The highest BCUT2D eigenvalue weighted by molar-refractivity contribution is 5.94. The molecular weight excluding hydrogens is 336 g/mol. The SMILES string of the molecule is O=C(Nc1ccc(C2(C(=O)NCCCc3ccccc3)CC2)cc1)C1CC1. The molecule has 2 saturated carbocycles. The van der Waals surface area contributed by atoms with Crippen LogP contribution >= 0.6 is 0 Å². The minimum absolute atomic E-state index is 0.111. The average molecular weight is 362 g/mol. The predicted molar refractivity (Wildman–Crippen MR) is 106 cm³/mol. The normalized spacial score (nSPS) is 17.2. The van der Waals surface area contributed by atoms with Gasteiger partial charge in [-0.1, -0.05) is 42.5 Å². The van der Waals surface area contributed by atoms with Crippen molar-refractivity contribution < 1.29 is 9.59 Å². The maximum Gasteiger partial charge on any atom is 0.230 e. The molecule has 0 unspecified atom stereocenters. The van der Waals surface area contributed by atoms with Crippen LogP contribution in [0.2, 0.25) is 0 Å². The number of amides is 2. The summed E-state index contributed by atoms with van der Waals surface area (Å²) in [5.41, 5.74) is 2.80. The van der Waals surface area contributed by atoms with Crippen LogP contribution < -0.4 is 10.6 Å². The molecule has 2 aliphatic carbocycles. The van der Waals surface area contributed by atoms with Crippen LogP contribution in [0.25, 0.3) is 0 Å². The predicted octanol–water partition coefficient (Wildman–Crippen LogP) is 3.82. The molecule has 2 aromatic rings. The fourth-order valence-electron chi connectivity index (χ4n) is 3.54. The Kier molecular flexibility index (Phi) is 4.97. The number of nitrogens with one attached hydrogen (secondary N) is 2. The van der Waals surface area contributed by atoms with Gasteiger partial charge < -0.3 is 10.6 Å². The Bertz CT molecular complexity index is 806. The highest BCUT2D eigenvalue weighted by Crippen LogP contribution is 2.48. The van der Waals surface area contributed by atoms with Crippen LogP contribution in [-0.2, 0) is 21.4 Å². The van der Waals surface area contributed by atoms with Gasteiger partial charge in [0.25, 0.3) is 0 Å². The average Bonchev–Trinajstić information content (AvgIpc) is 3.59. The molecule has 0 spiro atoms. The summed E-state index contributed by atoms with van der Waals surface area (Å²) in [5.74, 6) is 0.437. The van der Waals surface area contributed by atoms with Gasteiger partial charge in [0.2, 0.25) is 11.8 Å². The molecule has 0 heterocycles. The van der Waals surface area contributed by atoms with E-state index >= 15 is 0 Å². The van der Waals surface area contributed by atoms with E-state index in [1.165, 1.54) is 5.56 Å². The summed E-state index contributed by atoms with van der Waals surface area (Å²) in [4.78, 5) is 24.6. The molecule has 2 aliphatic rings. The van der Waals surface area contributed by atoms with Gasteiger partial charge >= 0.3 is 0 Å². The first-order chi connectivity index (χ1) is 13.2. The molecular formula is C23H26N2O2. The fraction of sp³-hybridized carbons (Fsp3) is 0.391. The van der Waals surface area contributed by atoms with Crippen LogP contribution in [-0.4, -0.2) is 18.4 Å². The van der Waals surface area contributed by atoms with Crippen LogP contribution in [0.4, 0.5) is 5.69 Å². The topological polar surface area (TPSA) is 58.2 Å². The second-order valence-electron chi connectivity index (χ2n) is 7.77. The van der Waals surface area contributed by atoms with Crippen molar-refractivity contribution in [3.63, 3.8) is 0 Å². The fourth-order valence-corrected chi connectivity index (χ4v) is 3.54. The maximum absolute atomic E-state index is 12.7. The zero-order valence-corrected chi connectivity index (χ0v) is 15.5. The first-order valence-electron chi connectivity index (χ1n) is 9.91. The lowest BCUT2D eigenvalue weighted by atomic mass is 9.94. The number of carbonyl (C=O) groups excluding carboxylic acids is 2. The Morgan fingerprint density at radius 1 is 0.963 bits per heavy atom. The standard InChI is InChI=1S/C23H26N2O2/c26-21(18-8-9-18)25-20-12-10-19(11-13-20)23(14-15-23)22(27)24-16-4-7-17-5-2-1-3-6-17/h1-3,5-6,10-13,18H,4,7-9,14-16H2,(H,24,27)(H,25,26). The van der Waals surface area contributed by atoms with Gasteiger partial charge in [-0.05, 0) is 61.8 Å². The molecule has 2 N–H and O–H groups in total. The Labute approximate surface area is 160 Å². The molecule has 2 amide bonds. The largest absolute Gasteiger partial charge is 0.355 e. The van der Waals surface area contributed by atoms with E-state index in [4.69, 9.17) is 0 Å². The van der Waals surface area contributed by atoms with Gasteiger partial charge in [-0.2, -0.15) is 0 Å². The highest BCUT2D eigenvalue weighted by Gasteiger charge is 2.51. The van der Waals surface area contributed by atoms with Crippen molar-refractivity contribution in [2.75, 3.05) is 11.9 Å².